The second-order valence-electron chi connectivity index (χ2n) is 8.32. The lowest BCUT2D eigenvalue weighted by molar-refractivity contribution is -0.124. The van der Waals surface area contributed by atoms with Crippen LogP contribution < -0.4 is 20.3 Å². The fourth-order valence-electron chi connectivity index (χ4n) is 3.70. The van der Waals surface area contributed by atoms with Crippen LogP contribution in [0.2, 0.25) is 0 Å². The van der Waals surface area contributed by atoms with Crippen molar-refractivity contribution in [1.29, 1.82) is 0 Å². The van der Waals surface area contributed by atoms with Crippen LogP contribution in [0, 0.1) is 5.92 Å². The number of anilines is 1. The van der Waals surface area contributed by atoms with E-state index in [1.807, 2.05) is 26.8 Å². The minimum Gasteiger partial charge on any atom is -0.494 e. The predicted octanol–water partition coefficient (Wildman–Crippen LogP) is 1.57. The molecule has 9 nitrogen and oxygen atoms in total. The monoisotopic (exact) mass is 454 g/mol. The standard InChI is InChI=1S/C24H34N6O3/c1-4-33-20-8-6-19(7-9-20)22(31)28-21(18(2)3)23(32)25-12-13-29-14-16-30(17-15-29)24-26-10-5-11-27-24/h5-11,18,21H,4,12-17H2,1-3H3,(H,25,32)(H,28,31). The molecule has 1 aliphatic heterocycles. The summed E-state index contributed by atoms with van der Waals surface area (Å²) in [5.74, 6) is 0.996. The molecule has 2 N–H and O–H groups in total. The van der Waals surface area contributed by atoms with Crippen molar-refractivity contribution in [2.75, 3.05) is 50.8 Å². The predicted molar refractivity (Wildman–Crippen MR) is 127 cm³/mol. The van der Waals surface area contributed by atoms with Crippen molar-refractivity contribution in [2.24, 2.45) is 5.92 Å². The Morgan fingerprint density at radius 3 is 2.33 bits per heavy atom. The van der Waals surface area contributed by atoms with E-state index in [4.69, 9.17) is 4.74 Å². The molecule has 1 fully saturated rings. The quantitative estimate of drug-likeness (QED) is 0.562. The number of ether oxygens (including phenoxy) is 1. The molecule has 0 spiro atoms. The molecule has 0 radical (unpaired) electrons. The Hall–Kier alpha value is -3.20. The summed E-state index contributed by atoms with van der Waals surface area (Å²) in [7, 11) is 0. The lowest BCUT2D eigenvalue weighted by Gasteiger charge is -2.34. The Morgan fingerprint density at radius 2 is 1.73 bits per heavy atom. The van der Waals surface area contributed by atoms with Crippen LogP contribution in [0.1, 0.15) is 31.1 Å². The van der Waals surface area contributed by atoms with Gasteiger partial charge in [-0.25, -0.2) is 9.97 Å². The number of piperazine rings is 1. The molecule has 0 saturated carbocycles. The van der Waals surface area contributed by atoms with Crippen LogP contribution in [0.25, 0.3) is 0 Å². The zero-order chi connectivity index (χ0) is 23.6. The first-order valence-corrected chi connectivity index (χ1v) is 11.5. The summed E-state index contributed by atoms with van der Waals surface area (Å²) in [5, 5.41) is 5.85. The van der Waals surface area contributed by atoms with Crippen LogP contribution >= 0.6 is 0 Å². The number of nitrogens with one attached hydrogen (secondary N) is 2. The van der Waals surface area contributed by atoms with E-state index in [0.717, 1.165) is 38.7 Å². The average molecular weight is 455 g/mol. The van der Waals surface area contributed by atoms with E-state index in [1.165, 1.54) is 0 Å². The maximum atomic E-state index is 12.8. The van der Waals surface area contributed by atoms with Gasteiger partial charge in [-0.1, -0.05) is 13.8 Å². The lowest BCUT2D eigenvalue weighted by atomic mass is 10.0. The van der Waals surface area contributed by atoms with E-state index < -0.39 is 6.04 Å². The Balaban J connectivity index is 1.43. The van der Waals surface area contributed by atoms with E-state index >= 15 is 0 Å². The van der Waals surface area contributed by atoms with E-state index in [-0.39, 0.29) is 17.7 Å². The van der Waals surface area contributed by atoms with Crippen LogP contribution in [0.5, 0.6) is 5.75 Å². The first-order valence-electron chi connectivity index (χ1n) is 11.5. The van der Waals surface area contributed by atoms with Gasteiger partial charge in [0.2, 0.25) is 11.9 Å². The van der Waals surface area contributed by atoms with E-state index in [2.05, 4.69) is 30.4 Å². The maximum absolute atomic E-state index is 12.8. The van der Waals surface area contributed by atoms with Gasteiger partial charge in [-0.05, 0) is 43.2 Å². The summed E-state index contributed by atoms with van der Waals surface area (Å²) in [6.45, 7) is 11.1. The lowest BCUT2D eigenvalue weighted by Crippen LogP contribution is -2.52. The largest absolute Gasteiger partial charge is 0.494 e. The number of nitrogens with zero attached hydrogens (tertiary/aromatic N) is 4. The SMILES string of the molecule is CCOc1ccc(C(=O)NC(C(=O)NCCN2CCN(c3ncccn3)CC2)C(C)C)cc1. The van der Waals surface area contributed by atoms with Gasteiger partial charge in [0.15, 0.2) is 0 Å². The molecule has 1 unspecified atom stereocenters. The van der Waals surface area contributed by atoms with Crippen molar-refractivity contribution >= 4 is 17.8 Å². The zero-order valence-corrected chi connectivity index (χ0v) is 19.7. The smallest absolute Gasteiger partial charge is 0.251 e. The molecular weight excluding hydrogens is 420 g/mol. The summed E-state index contributed by atoms with van der Waals surface area (Å²) >= 11 is 0. The molecule has 2 amide bonds. The van der Waals surface area contributed by atoms with Crippen molar-refractivity contribution < 1.29 is 14.3 Å². The van der Waals surface area contributed by atoms with Gasteiger partial charge in [-0.3, -0.25) is 14.5 Å². The van der Waals surface area contributed by atoms with Gasteiger partial charge >= 0.3 is 0 Å². The van der Waals surface area contributed by atoms with Gasteiger partial charge in [0.1, 0.15) is 11.8 Å². The highest BCUT2D eigenvalue weighted by Gasteiger charge is 2.25. The highest BCUT2D eigenvalue weighted by molar-refractivity contribution is 5.97. The minimum atomic E-state index is -0.601. The molecule has 3 rings (SSSR count). The van der Waals surface area contributed by atoms with Crippen molar-refractivity contribution in [1.82, 2.24) is 25.5 Å². The van der Waals surface area contributed by atoms with Crippen LogP contribution in [0.4, 0.5) is 5.95 Å². The van der Waals surface area contributed by atoms with Gasteiger partial charge in [0.25, 0.3) is 5.91 Å². The zero-order valence-electron chi connectivity index (χ0n) is 19.7. The summed E-state index contributed by atoms with van der Waals surface area (Å²) in [6.07, 6.45) is 3.51. The molecule has 9 heteroatoms. The van der Waals surface area contributed by atoms with Gasteiger partial charge in [-0.2, -0.15) is 0 Å². The van der Waals surface area contributed by atoms with Crippen LogP contribution in [0.3, 0.4) is 0 Å². The van der Waals surface area contributed by atoms with Gasteiger partial charge in [0, 0.05) is 57.2 Å². The average Bonchev–Trinajstić information content (AvgIpc) is 2.84. The second kappa shape index (κ2) is 12.2. The van der Waals surface area contributed by atoms with Gasteiger partial charge in [-0.15, -0.1) is 0 Å². The maximum Gasteiger partial charge on any atom is 0.251 e. The van der Waals surface area contributed by atoms with Crippen molar-refractivity contribution in [3.05, 3.63) is 48.3 Å². The van der Waals surface area contributed by atoms with Crippen LogP contribution in [0.15, 0.2) is 42.7 Å². The number of amides is 2. The third kappa shape index (κ3) is 7.15. The highest BCUT2D eigenvalue weighted by atomic mass is 16.5. The molecule has 2 heterocycles. The van der Waals surface area contributed by atoms with Crippen LogP contribution in [-0.2, 0) is 4.79 Å². The number of benzene rings is 1. The minimum absolute atomic E-state index is 0.0361. The molecule has 1 aromatic heterocycles. The summed E-state index contributed by atoms with van der Waals surface area (Å²) in [5.41, 5.74) is 0.497. The highest BCUT2D eigenvalue weighted by Crippen LogP contribution is 2.13. The fraction of sp³-hybridized carbons (Fsp3) is 0.500. The Bertz CT molecular complexity index is 883. The Morgan fingerprint density at radius 1 is 1.06 bits per heavy atom. The third-order valence-corrected chi connectivity index (χ3v) is 5.60. The molecule has 2 aromatic rings. The first kappa shape index (κ1) is 24.4. The molecule has 1 aromatic carbocycles. The molecule has 33 heavy (non-hydrogen) atoms. The van der Waals surface area contributed by atoms with E-state index in [0.29, 0.717) is 24.5 Å². The molecule has 1 aliphatic rings. The number of carbonyl (C=O) groups excluding carboxylic acids is 2. The van der Waals surface area contributed by atoms with Gasteiger partial charge < -0.3 is 20.3 Å². The normalized spacial score (nSPS) is 15.2. The molecular formula is C24H34N6O3. The van der Waals surface area contributed by atoms with Crippen molar-refractivity contribution in [3.63, 3.8) is 0 Å². The molecule has 178 valence electrons. The Kier molecular flexibility index (Phi) is 9.00. The van der Waals surface area contributed by atoms with Crippen LogP contribution in [-0.4, -0.2) is 78.6 Å². The molecule has 1 atom stereocenters. The van der Waals surface area contributed by atoms with E-state index in [1.54, 1.807) is 36.7 Å². The number of rotatable bonds is 10. The van der Waals surface area contributed by atoms with E-state index in [9.17, 15) is 9.59 Å². The number of hydrogen-bond acceptors (Lipinski definition) is 7. The first-order chi connectivity index (χ1) is 16.0. The number of carbonyl (C=O) groups is 2. The topological polar surface area (TPSA) is 99.7 Å². The molecule has 1 saturated heterocycles. The summed E-state index contributed by atoms with van der Waals surface area (Å²) < 4.78 is 5.41. The summed E-state index contributed by atoms with van der Waals surface area (Å²) in [4.78, 5) is 38.5. The second-order valence-corrected chi connectivity index (χ2v) is 8.32. The summed E-state index contributed by atoms with van der Waals surface area (Å²) in [6, 6.07) is 8.13. The number of hydrogen-bond donors (Lipinski definition) is 2. The third-order valence-electron chi connectivity index (χ3n) is 5.60. The van der Waals surface area contributed by atoms with Crippen molar-refractivity contribution in [2.45, 2.75) is 26.8 Å². The fourth-order valence-corrected chi connectivity index (χ4v) is 3.70. The van der Waals surface area contributed by atoms with Crippen molar-refractivity contribution in [3.8, 4) is 5.75 Å². The number of aromatic nitrogens is 2. The van der Waals surface area contributed by atoms with Gasteiger partial charge in [0.05, 0.1) is 6.61 Å². The Labute approximate surface area is 195 Å². The molecule has 0 bridgehead atoms. The molecule has 0 aliphatic carbocycles.